The second-order valence-corrected chi connectivity index (χ2v) is 7.25. The molecule has 0 spiro atoms. The number of hydrogen-bond donors (Lipinski definition) is 1. The van der Waals surface area contributed by atoms with Crippen molar-refractivity contribution in [2.75, 3.05) is 18.4 Å². The molecule has 0 bridgehead atoms. The van der Waals surface area contributed by atoms with Crippen LogP contribution >= 0.6 is 11.6 Å². The Bertz CT molecular complexity index is 946. The molecule has 0 unspecified atom stereocenters. The molecule has 1 atom stereocenters. The predicted molar refractivity (Wildman–Crippen MR) is 111 cm³/mol. The summed E-state index contributed by atoms with van der Waals surface area (Å²) in [5.41, 5.74) is 2.76. The Morgan fingerprint density at radius 3 is 2.57 bits per heavy atom. The number of hydrogen-bond acceptors (Lipinski definition) is 4. The maximum atomic E-state index is 13.4. The van der Waals surface area contributed by atoms with Crippen molar-refractivity contribution in [3.05, 3.63) is 77.6 Å². The number of rotatable bonds is 5. The van der Waals surface area contributed by atoms with Crippen molar-refractivity contribution < 1.29 is 4.79 Å². The van der Waals surface area contributed by atoms with Crippen LogP contribution in [0.15, 0.2) is 67.0 Å². The molecule has 3 aromatic rings. The molecule has 1 fully saturated rings. The van der Waals surface area contributed by atoms with Crippen molar-refractivity contribution in [1.82, 2.24) is 14.9 Å². The van der Waals surface area contributed by atoms with E-state index in [2.05, 4.69) is 15.3 Å². The lowest BCUT2D eigenvalue weighted by molar-refractivity contribution is 0.0744. The van der Waals surface area contributed by atoms with E-state index in [0.29, 0.717) is 17.5 Å². The smallest absolute Gasteiger partial charge is 0.254 e. The highest BCUT2D eigenvalue weighted by atomic mass is 35.5. The summed E-state index contributed by atoms with van der Waals surface area (Å²) < 4.78 is 0. The van der Waals surface area contributed by atoms with Gasteiger partial charge in [-0.1, -0.05) is 60.1 Å². The fourth-order valence-electron chi connectivity index (χ4n) is 3.62. The Morgan fingerprint density at radius 1 is 1.07 bits per heavy atom. The van der Waals surface area contributed by atoms with Gasteiger partial charge in [-0.2, -0.15) is 0 Å². The lowest BCUT2D eigenvalue weighted by atomic mass is 9.98. The number of aromatic nitrogens is 2. The molecule has 1 aromatic heterocycles. The molecule has 6 heteroatoms. The zero-order valence-electron chi connectivity index (χ0n) is 15.4. The van der Waals surface area contributed by atoms with E-state index in [9.17, 15) is 4.79 Å². The van der Waals surface area contributed by atoms with E-state index < -0.39 is 0 Å². The molecule has 142 valence electrons. The van der Waals surface area contributed by atoms with Gasteiger partial charge in [0.15, 0.2) is 0 Å². The maximum Gasteiger partial charge on any atom is 0.254 e. The van der Waals surface area contributed by atoms with Gasteiger partial charge in [-0.05, 0) is 30.0 Å². The topological polar surface area (TPSA) is 58.1 Å². The van der Waals surface area contributed by atoms with Gasteiger partial charge in [-0.15, -0.1) is 0 Å². The fraction of sp³-hybridized carbons (Fsp3) is 0.227. The van der Waals surface area contributed by atoms with Crippen molar-refractivity contribution in [2.24, 2.45) is 0 Å². The third kappa shape index (κ3) is 3.99. The van der Waals surface area contributed by atoms with Crippen LogP contribution in [0.3, 0.4) is 0 Å². The summed E-state index contributed by atoms with van der Waals surface area (Å²) in [6.07, 6.45) is 5.07. The van der Waals surface area contributed by atoms with Gasteiger partial charge in [-0.25, -0.2) is 9.97 Å². The van der Waals surface area contributed by atoms with Crippen molar-refractivity contribution >= 4 is 23.5 Å². The Balaban J connectivity index is 1.52. The Kier molecular flexibility index (Phi) is 5.53. The van der Waals surface area contributed by atoms with E-state index in [1.165, 1.54) is 0 Å². The highest BCUT2D eigenvalue weighted by molar-refractivity contribution is 6.30. The minimum atomic E-state index is 0.0702. The van der Waals surface area contributed by atoms with E-state index in [1.807, 2.05) is 59.5 Å². The lowest BCUT2D eigenvalue weighted by Crippen LogP contribution is -2.39. The van der Waals surface area contributed by atoms with Crippen molar-refractivity contribution in [3.8, 4) is 11.1 Å². The van der Waals surface area contributed by atoms with E-state index >= 15 is 0 Å². The third-order valence-corrected chi connectivity index (χ3v) is 5.19. The lowest BCUT2D eigenvalue weighted by Gasteiger charge is -2.26. The number of nitrogens with one attached hydrogen (secondary N) is 1. The largest absolute Gasteiger partial charge is 0.352 e. The second-order valence-electron chi connectivity index (χ2n) is 6.81. The van der Waals surface area contributed by atoms with Crippen LogP contribution < -0.4 is 5.32 Å². The first-order valence-corrected chi connectivity index (χ1v) is 9.77. The molecule has 2 heterocycles. The molecule has 2 aromatic carbocycles. The van der Waals surface area contributed by atoms with Crippen LogP contribution in [0.1, 0.15) is 23.2 Å². The first kappa shape index (κ1) is 18.4. The van der Waals surface area contributed by atoms with E-state index in [-0.39, 0.29) is 11.9 Å². The van der Waals surface area contributed by atoms with Crippen LogP contribution in [0.25, 0.3) is 11.1 Å². The van der Waals surface area contributed by atoms with Crippen LogP contribution in [0, 0.1) is 0 Å². The minimum Gasteiger partial charge on any atom is -0.352 e. The Labute approximate surface area is 169 Å². The van der Waals surface area contributed by atoms with Gasteiger partial charge in [0, 0.05) is 24.7 Å². The number of amides is 1. The van der Waals surface area contributed by atoms with Crippen LogP contribution in [0.5, 0.6) is 0 Å². The molecule has 1 N–H and O–H groups in total. The molecular weight excluding hydrogens is 372 g/mol. The molecule has 1 saturated heterocycles. The molecule has 4 rings (SSSR count). The zero-order chi connectivity index (χ0) is 19.3. The summed E-state index contributed by atoms with van der Waals surface area (Å²) in [7, 11) is 0. The minimum absolute atomic E-state index is 0.0702. The highest BCUT2D eigenvalue weighted by Crippen LogP contribution is 2.27. The third-order valence-electron chi connectivity index (χ3n) is 5.00. The van der Waals surface area contributed by atoms with Crippen LogP contribution in [-0.4, -0.2) is 39.9 Å². The molecule has 0 saturated carbocycles. The quantitative estimate of drug-likeness (QED) is 0.693. The standard InChI is InChI=1S/C22H21ClN4O/c23-17-13-24-22(25-14-17)26-15-18-9-6-12-27(18)21(28)20-11-5-4-10-19(20)16-7-2-1-3-8-16/h1-5,7-8,10-11,13-14,18H,6,9,12,15H2,(H,24,25,26)/t18-/m0/s1. The van der Waals surface area contributed by atoms with E-state index in [1.54, 1.807) is 12.4 Å². The van der Waals surface area contributed by atoms with E-state index in [4.69, 9.17) is 11.6 Å². The number of carbonyl (C=O) groups excluding carboxylic acids is 1. The molecule has 1 aliphatic rings. The molecule has 0 aliphatic carbocycles. The van der Waals surface area contributed by atoms with Gasteiger partial charge in [0.05, 0.1) is 17.4 Å². The number of likely N-dealkylation sites (tertiary alicyclic amines) is 1. The number of halogens is 1. The predicted octanol–water partition coefficient (Wildman–Crippen LogP) is 4.51. The maximum absolute atomic E-state index is 13.4. The second kappa shape index (κ2) is 8.40. The molecule has 5 nitrogen and oxygen atoms in total. The van der Waals surface area contributed by atoms with Gasteiger partial charge in [0.25, 0.3) is 5.91 Å². The molecule has 1 aliphatic heterocycles. The average Bonchev–Trinajstić information content (AvgIpc) is 3.22. The van der Waals surface area contributed by atoms with E-state index in [0.717, 1.165) is 36.1 Å². The summed E-state index contributed by atoms with van der Waals surface area (Å²) in [6, 6.07) is 18.0. The summed E-state index contributed by atoms with van der Waals surface area (Å²) in [5, 5.41) is 3.72. The average molecular weight is 393 g/mol. The molecule has 28 heavy (non-hydrogen) atoms. The Hall–Kier alpha value is -2.92. The first-order valence-electron chi connectivity index (χ1n) is 9.39. The van der Waals surface area contributed by atoms with Gasteiger partial charge < -0.3 is 10.2 Å². The fourth-order valence-corrected chi connectivity index (χ4v) is 3.72. The summed E-state index contributed by atoms with van der Waals surface area (Å²) in [5.74, 6) is 0.592. The number of carbonyl (C=O) groups is 1. The van der Waals surface area contributed by atoms with Crippen molar-refractivity contribution in [3.63, 3.8) is 0 Å². The van der Waals surface area contributed by atoms with Gasteiger partial charge >= 0.3 is 0 Å². The molecule has 1 amide bonds. The van der Waals surface area contributed by atoms with Gasteiger partial charge in [-0.3, -0.25) is 4.79 Å². The normalized spacial score (nSPS) is 16.2. The van der Waals surface area contributed by atoms with Gasteiger partial charge in [0.2, 0.25) is 5.95 Å². The summed E-state index contributed by atoms with van der Waals surface area (Å²) in [4.78, 5) is 23.6. The first-order chi connectivity index (χ1) is 13.7. The zero-order valence-corrected chi connectivity index (χ0v) is 16.1. The SMILES string of the molecule is O=C(c1ccccc1-c1ccccc1)N1CCC[C@H]1CNc1ncc(Cl)cn1. The van der Waals surface area contributed by atoms with Crippen molar-refractivity contribution in [1.29, 1.82) is 0 Å². The highest BCUT2D eigenvalue weighted by Gasteiger charge is 2.30. The Morgan fingerprint density at radius 2 is 1.79 bits per heavy atom. The molecule has 0 radical (unpaired) electrons. The number of anilines is 1. The molecular formula is C22H21ClN4O. The van der Waals surface area contributed by atoms with Crippen LogP contribution in [0.4, 0.5) is 5.95 Å². The summed E-state index contributed by atoms with van der Waals surface area (Å²) in [6.45, 7) is 1.37. The van der Waals surface area contributed by atoms with Crippen LogP contribution in [-0.2, 0) is 0 Å². The number of benzene rings is 2. The number of nitrogens with zero attached hydrogens (tertiary/aromatic N) is 3. The van der Waals surface area contributed by atoms with Crippen LogP contribution in [0.2, 0.25) is 5.02 Å². The summed E-state index contributed by atoms with van der Waals surface area (Å²) >= 11 is 5.83. The van der Waals surface area contributed by atoms with Gasteiger partial charge in [0.1, 0.15) is 0 Å². The van der Waals surface area contributed by atoms with Crippen molar-refractivity contribution in [2.45, 2.75) is 18.9 Å². The monoisotopic (exact) mass is 392 g/mol.